The molecule has 4 heterocycles. The number of fused-ring (bicyclic) bond motifs is 1. The van der Waals surface area contributed by atoms with Gasteiger partial charge in [-0.05, 0) is 35.2 Å². The molecule has 2 aliphatic heterocycles. The van der Waals surface area contributed by atoms with Crippen molar-refractivity contribution in [3.63, 3.8) is 0 Å². The summed E-state index contributed by atoms with van der Waals surface area (Å²) in [6.45, 7) is 2.40. The summed E-state index contributed by atoms with van der Waals surface area (Å²) < 4.78 is 6.12. The van der Waals surface area contributed by atoms with Gasteiger partial charge in [-0.1, -0.05) is 0 Å². The molecule has 0 spiro atoms. The van der Waals surface area contributed by atoms with Gasteiger partial charge >= 0.3 is 6.09 Å². The minimum absolute atomic E-state index is 0.0617. The number of carboxylic acid groups (broad SMARTS) is 1. The molecule has 2 saturated heterocycles. The van der Waals surface area contributed by atoms with Crippen molar-refractivity contribution in [2.75, 3.05) is 36.5 Å². The standard InChI is InChI=1S/C18H22BrN5O4/c19-12-6-20-16-14(13(7-21-16)23-17(25)10-3-5-28-9-10)15(12)24-4-1-2-11(8-24)22-18(26)27/h6-7,10-11,22H,1-5,8-9H2,(H,20,21)(H,23,25)(H,26,27)/t10?,11-/m1/s1. The third kappa shape index (κ3) is 3.79. The Bertz CT molecular complexity index is 895. The number of amides is 2. The highest BCUT2D eigenvalue weighted by molar-refractivity contribution is 9.10. The van der Waals surface area contributed by atoms with E-state index >= 15 is 0 Å². The van der Waals surface area contributed by atoms with Gasteiger partial charge in [-0.15, -0.1) is 0 Å². The maximum absolute atomic E-state index is 12.6. The predicted octanol–water partition coefficient (Wildman–Crippen LogP) is 2.54. The Labute approximate surface area is 170 Å². The SMILES string of the molecule is O=C(O)N[C@@H]1CCCN(c2c(Br)cnc3[nH]cc(NC(=O)C4CCOC4)c23)C1. The Kier molecular flexibility index (Phi) is 5.40. The molecule has 0 aliphatic carbocycles. The number of aromatic nitrogens is 2. The van der Waals surface area contributed by atoms with Crippen LogP contribution in [0.3, 0.4) is 0 Å². The maximum Gasteiger partial charge on any atom is 0.404 e. The summed E-state index contributed by atoms with van der Waals surface area (Å²) in [6, 6.07) is -0.144. The third-order valence-electron chi connectivity index (χ3n) is 5.25. The number of pyridine rings is 1. The number of carbonyl (C=O) groups excluding carboxylic acids is 1. The number of ether oxygens (including phenoxy) is 1. The number of hydrogen-bond donors (Lipinski definition) is 4. The van der Waals surface area contributed by atoms with Gasteiger partial charge in [-0.2, -0.15) is 0 Å². The number of piperidine rings is 1. The highest BCUT2D eigenvalue weighted by Crippen LogP contribution is 2.39. The molecule has 1 unspecified atom stereocenters. The molecule has 150 valence electrons. The zero-order chi connectivity index (χ0) is 19.7. The molecule has 4 rings (SSSR count). The van der Waals surface area contributed by atoms with E-state index < -0.39 is 6.09 Å². The summed E-state index contributed by atoms with van der Waals surface area (Å²) in [5.41, 5.74) is 2.25. The smallest absolute Gasteiger partial charge is 0.404 e. The van der Waals surface area contributed by atoms with Crippen LogP contribution in [0.25, 0.3) is 11.0 Å². The van der Waals surface area contributed by atoms with Crippen molar-refractivity contribution in [2.45, 2.75) is 25.3 Å². The minimum Gasteiger partial charge on any atom is -0.465 e. The Balaban J connectivity index is 1.65. The lowest BCUT2D eigenvalue weighted by Gasteiger charge is -2.35. The molecule has 28 heavy (non-hydrogen) atoms. The Hall–Kier alpha value is -2.33. The van der Waals surface area contributed by atoms with Crippen LogP contribution in [0.2, 0.25) is 0 Å². The Morgan fingerprint density at radius 3 is 3.00 bits per heavy atom. The molecule has 0 bridgehead atoms. The molecule has 2 atom stereocenters. The van der Waals surface area contributed by atoms with Gasteiger partial charge in [0.2, 0.25) is 5.91 Å². The second kappa shape index (κ2) is 7.96. The number of hydrogen-bond acceptors (Lipinski definition) is 5. The number of nitrogens with one attached hydrogen (secondary N) is 3. The lowest BCUT2D eigenvalue weighted by molar-refractivity contribution is -0.119. The summed E-state index contributed by atoms with van der Waals surface area (Å²) in [7, 11) is 0. The molecule has 2 fully saturated rings. The highest BCUT2D eigenvalue weighted by Gasteiger charge is 2.28. The first-order chi connectivity index (χ1) is 13.5. The van der Waals surface area contributed by atoms with E-state index in [9.17, 15) is 9.59 Å². The van der Waals surface area contributed by atoms with Gasteiger partial charge in [0, 0.05) is 38.1 Å². The molecule has 4 N–H and O–H groups in total. The summed E-state index contributed by atoms with van der Waals surface area (Å²) >= 11 is 3.59. The molecule has 2 aliphatic rings. The molecular weight excluding hydrogens is 430 g/mol. The Morgan fingerprint density at radius 2 is 2.25 bits per heavy atom. The van der Waals surface area contributed by atoms with E-state index in [1.54, 1.807) is 12.4 Å². The quantitative estimate of drug-likeness (QED) is 0.566. The number of anilines is 2. The number of carbonyl (C=O) groups is 2. The normalized spacial score (nSPS) is 22.4. The fraction of sp³-hybridized carbons (Fsp3) is 0.500. The first kappa shape index (κ1) is 19.0. The van der Waals surface area contributed by atoms with E-state index in [-0.39, 0.29) is 17.9 Å². The van der Waals surface area contributed by atoms with Gasteiger partial charge in [0.1, 0.15) is 5.65 Å². The monoisotopic (exact) mass is 451 g/mol. The second-order valence-electron chi connectivity index (χ2n) is 7.17. The van der Waals surface area contributed by atoms with Gasteiger partial charge in [-0.25, -0.2) is 9.78 Å². The predicted molar refractivity (Wildman–Crippen MR) is 108 cm³/mol. The van der Waals surface area contributed by atoms with Crippen molar-refractivity contribution in [2.24, 2.45) is 5.92 Å². The summed E-state index contributed by atoms with van der Waals surface area (Å²) in [6.07, 6.45) is 4.84. The van der Waals surface area contributed by atoms with E-state index in [0.717, 1.165) is 41.4 Å². The van der Waals surface area contributed by atoms with Crippen LogP contribution in [0, 0.1) is 5.92 Å². The lowest BCUT2D eigenvalue weighted by atomic mass is 10.0. The van der Waals surface area contributed by atoms with Gasteiger partial charge in [0.05, 0.1) is 33.8 Å². The van der Waals surface area contributed by atoms with Crippen molar-refractivity contribution in [1.29, 1.82) is 0 Å². The van der Waals surface area contributed by atoms with E-state index in [2.05, 4.69) is 41.4 Å². The number of nitrogens with zero attached hydrogens (tertiary/aromatic N) is 2. The van der Waals surface area contributed by atoms with Gasteiger partial charge in [-0.3, -0.25) is 4.79 Å². The van der Waals surface area contributed by atoms with E-state index in [4.69, 9.17) is 9.84 Å². The lowest BCUT2D eigenvalue weighted by Crippen LogP contribution is -2.47. The van der Waals surface area contributed by atoms with Crippen molar-refractivity contribution in [3.05, 3.63) is 16.9 Å². The fourth-order valence-corrected chi connectivity index (χ4v) is 4.46. The average molecular weight is 452 g/mol. The molecule has 0 saturated carbocycles. The third-order valence-corrected chi connectivity index (χ3v) is 5.83. The fourth-order valence-electron chi connectivity index (χ4n) is 3.91. The zero-order valence-electron chi connectivity index (χ0n) is 15.2. The minimum atomic E-state index is -1.01. The first-order valence-electron chi connectivity index (χ1n) is 9.31. The second-order valence-corrected chi connectivity index (χ2v) is 8.02. The van der Waals surface area contributed by atoms with Crippen LogP contribution in [0.5, 0.6) is 0 Å². The molecule has 10 heteroatoms. The first-order valence-corrected chi connectivity index (χ1v) is 10.1. The van der Waals surface area contributed by atoms with Gasteiger partial charge in [0.25, 0.3) is 0 Å². The summed E-state index contributed by atoms with van der Waals surface area (Å²) in [5.74, 6) is -0.207. The average Bonchev–Trinajstić information content (AvgIpc) is 3.32. The van der Waals surface area contributed by atoms with Crippen LogP contribution in [-0.2, 0) is 9.53 Å². The summed E-state index contributed by atoms with van der Waals surface area (Å²) in [4.78, 5) is 33.3. The summed E-state index contributed by atoms with van der Waals surface area (Å²) in [5, 5.41) is 15.5. The van der Waals surface area contributed by atoms with Crippen LogP contribution < -0.4 is 15.5 Å². The molecule has 0 radical (unpaired) electrons. The molecule has 9 nitrogen and oxygen atoms in total. The van der Waals surface area contributed by atoms with Crippen molar-refractivity contribution < 1.29 is 19.4 Å². The van der Waals surface area contributed by atoms with Crippen LogP contribution in [0.15, 0.2) is 16.9 Å². The number of aromatic amines is 1. The van der Waals surface area contributed by atoms with Crippen LogP contribution in [0.4, 0.5) is 16.2 Å². The highest BCUT2D eigenvalue weighted by atomic mass is 79.9. The largest absolute Gasteiger partial charge is 0.465 e. The van der Waals surface area contributed by atoms with E-state index in [1.807, 2.05) is 0 Å². The van der Waals surface area contributed by atoms with Crippen molar-refractivity contribution in [3.8, 4) is 0 Å². The Morgan fingerprint density at radius 1 is 1.39 bits per heavy atom. The van der Waals surface area contributed by atoms with Crippen LogP contribution >= 0.6 is 15.9 Å². The molecule has 2 aromatic rings. The van der Waals surface area contributed by atoms with Gasteiger partial charge < -0.3 is 30.4 Å². The molecular formula is C18H22BrN5O4. The topological polar surface area (TPSA) is 120 Å². The van der Waals surface area contributed by atoms with E-state index in [0.29, 0.717) is 31.1 Å². The number of H-pyrrole nitrogens is 1. The van der Waals surface area contributed by atoms with Gasteiger partial charge in [0.15, 0.2) is 0 Å². The number of rotatable bonds is 4. The van der Waals surface area contributed by atoms with Crippen LogP contribution in [0.1, 0.15) is 19.3 Å². The van der Waals surface area contributed by atoms with E-state index in [1.165, 1.54) is 0 Å². The number of halogens is 1. The molecule has 0 aromatic carbocycles. The zero-order valence-corrected chi connectivity index (χ0v) is 16.8. The molecule has 2 amide bonds. The maximum atomic E-state index is 12.6. The molecule has 2 aromatic heterocycles. The van der Waals surface area contributed by atoms with Crippen molar-refractivity contribution in [1.82, 2.24) is 15.3 Å². The van der Waals surface area contributed by atoms with Crippen LogP contribution in [-0.4, -0.2) is 59.4 Å². The van der Waals surface area contributed by atoms with Crippen molar-refractivity contribution >= 4 is 50.3 Å².